The first-order chi connectivity index (χ1) is 14.7. The highest BCUT2D eigenvalue weighted by Crippen LogP contribution is 2.30. The second-order valence-corrected chi connectivity index (χ2v) is 6.88. The zero-order valence-electron chi connectivity index (χ0n) is 16.4. The number of fused-ring (bicyclic) bond motifs is 1. The fourth-order valence-electron chi connectivity index (χ4n) is 3.17. The Bertz CT molecular complexity index is 1030. The maximum absolute atomic E-state index is 12.3. The van der Waals surface area contributed by atoms with Gasteiger partial charge in [-0.2, -0.15) is 0 Å². The van der Waals surface area contributed by atoms with E-state index in [2.05, 4.69) is 10.6 Å². The lowest BCUT2D eigenvalue weighted by Gasteiger charge is -2.19. The minimum atomic E-state index is -0.288. The Morgan fingerprint density at radius 3 is 2.23 bits per heavy atom. The molecule has 0 aromatic heterocycles. The molecule has 6 heteroatoms. The second kappa shape index (κ2) is 9.13. The molecule has 0 atom stereocenters. The molecular weight excluding hydrogens is 380 g/mol. The van der Waals surface area contributed by atoms with Crippen LogP contribution in [0.5, 0.6) is 11.5 Å². The highest BCUT2D eigenvalue weighted by molar-refractivity contribution is 5.96. The first-order valence-electron chi connectivity index (χ1n) is 9.78. The van der Waals surface area contributed by atoms with Crippen molar-refractivity contribution in [1.29, 1.82) is 0 Å². The predicted octanol–water partition coefficient (Wildman–Crippen LogP) is 3.17. The second-order valence-electron chi connectivity index (χ2n) is 6.88. The molecule has 0 aliphatic carbocycles. The molecule has 4 rings (SSSR count). The highest BCUT2D eigenvalue weighted by Gasteiger charge is 2.12. The first-order valence-corrected chi connectivity index (χ1v) is 9.78. The van der Waals surface area contributed by atoms with Crippen molar-refractivity contribution in [2.45, 2.75) is 6.54 Å². The average Bonchev–Trinajstić information content (AvgIpc) is 2.81. The maximum atomic E-state index is 12.3. The van der Waals surface area contributed by atoms with Crippen molar-refractivity contribution in [2.75, 3.05) is 19.8 Å². The van der Waals surface area contributed by atoms with Crippen molar-refractivity contribution >= 4 is 11.8 Å². The fraction of sp³-hybridized carbons (Fsp3) is 0.167. The Balaban J connectivity index is 1.26. The van der Waals surface area contributed by atoms with Crippen LogP contribution < -0.4 is 20.1 Å². The lowest BCUT2D eigenvalue weighted by Crippen LogP contribution is -2.36. The SMILES string of the molecule is O=C(CNC(=O)c1ccc(-c2ccccc2)cc1)NCc1ccc2c(c1)OCCO2. The van der Waals surface area contributed by atoms with Crippen LogP contribution in [0.2, 0.25) is 0 Å². The lowest BCUT2D eigenvalue weighted by atomic mass is 10.0. The number of carbonyl (C=O) groups excluding carboxylic acids is 2. The van der Waals surface area contributed by atoms with Crippen molar-refractivity contribution in [3.63, 3.8) is 0 Å². The fourth-order valence-corrected chi connectivity index (χ4v) is 3.17. The van der Waals surface area contributed by atoms with Crippen molar-refractivity contribution in [3.8, 4) is 22.6 Å². The van der Waals surface area contributed by atoms with Crippen LogP contribution in [-0.2, 0) is 11.3 Å². The molecule has 2 amide bonds. The molecule has 0 unspecified atom stereocenters. The summed E-state index contributed by atoms with van der Waals surface area (Å²) in [5.41, 5.74) is 3.53. The summed E-state index contributed by atoms with van der Waals surface area (Å²) in [4.78, 5) is 24.4. The average molecular weight is 402 g/mol. The topological polar surface area (TPSA) is 76.7 Å². The molecule has 0 spiro atoms. The molecule has 0 radical (unpaired) electrons. The lowest BCUT2D eigenvalue weighted by molar-refractivity contribution is -0.120. The van der Waals surface area contributed by atoms with Crippen LogP contribution in [0.3, 0.4) is 0 Å². The molecular formula is C24H22N2O4. The van der Waals surface area contributed by atoms with Crippen molar-refractivity contribution in [2.24, 2.45) is 0 Å². The Hall–Kier alpha value is -3.80. The Morgan fingerprint density at radius 2 is 1.47 bits per heavy atom. The molecule has 6 nitrogen and oxygen atoms in total. The highest BCUT2D eigenvalue weighted by atomic mass is 16.6. The van der Waals surface area contributed by atoms with E-state index in [1.54, 1.807) is 12.1 Å². The van der Waals surface area contributed by atoms with Crippen LogP contribution in [0, 0.1) is 0 Å². The van der Waals surface area contributed by atoms with Gasteiger partial charge < -0.3 is 20.1 Å². The number of nitrogens with one attached hydrogen (secondary N) is 2. The summed E-state index contributed by atoms with van der Waals surface area (Å²) in [5.74, 6) is 0.838. The van der Waals surface area contributed by atoms with Crippen molar-refractivity contribution in [1.82, 2.24) is 10.6 Å². The van der Waals surface area contributed by atoms with Crippen molar-refractivity contribution in [3.05, 3.63) is 83.9 Å². The quantitative estimate of drug-likeness (QED) is 0.664. The molecule has 30 heavy (non-hydrogen) atoms. The molecule has 0 saturated carbocycles. The van der Waals surface area contributed by atoms with Gasteiger partial charge in [0.2, 0.25) is 5.91 Å². The molecule has 0 bridgehead atoms. The largest absolute Gasteiger partial charge is 0.486 e. The van der Waals surface area contributed by atoms with Gasteiger partial charge in [0.25, 0.3) is 5.91 Å². The minimum Gasteiger partial charge on any atom is -0.486 e. The third-order valence-corrected chi connectivity index (χ3v) is 4.76. The van der Waals surface area contributed by atoms with Crippen molar-refractivity contribution < 1.29 is 19.1 Å². The van der Waals surface area contributed by atoms with E-state index in [1.165, 1.54) is 0 Å². The summed E-state index contributed by atoms with van der Waals surface area (Å²) < 4.78 is 11.0. The summed E-state index contributed by atoms with van der Waals surface area (Å²) in [6, 6.07) is 22.8. The number of rotatable bonds is 6. The van der Waals surface area contributed by atoms with Crippen LogP contribution in [-0.4, -0.2) is 31.6 Å². The number of amides is 2. The molecule has 152 valence electrons. The number of ether oxygens (including phenoxy) is 2. The number of hydrogen-bond acceptors (Lipinski definition) is 4. The van der Waals surface area contributed by atoms with E-state index in [-0.39, 0.29) is 18.4 Å². The van der Waals surface area contributed by atoms with Crippen LogP contribution in [0.15, 0.2) is 72.8 Å². The van der Waals surface area contributed by atoms with Gasteiger partial charge in [0, 0.05) is 12.1 Å². The standard InChI is InChI=1S/C24H22N2O4/c27-23(25-15-17-6-11-21-22(14-17)30-13-12-29-21)16-26-24(28)20-9-7-19(8-10-20)18-4-2-1-3-5-18/h1-11,14H,12-13,15-16H2,(H,25,27)(H,26,28). The van der Waals surface area contributed by atoms with Gasteiger partial charge in [0.05, 0.1) is 6.54 Å². The molecule has 2 N–H and O–H groups in total. The van der Waals surface area contributed by atoms with Gasteiger partial charge in [-0.25, -0.2) is 0 Å². The summed E-state index contributed by atoms with van der Waals surface area (Å²) in [5, 5.41) is 5.44. The van der Waals surface area contributed by atoms with Gasteiger partial charge >= 0.3 is 0 Å². The number of carbonyl (C=O) groups is 2. The van der Waals surface area contributed by atoms with Gasteiger partial charge in [0.1, 0.15) is 13.2 Å². The Kier molecular flexibility index (Phi) is 5.94. The van der Waals surface area contributed by atoms with Gasteiger partial charge in [-0.15, -0.1) is 0 Å². The predicted molar refractivity (Wildman–Crippen MR) is 113 cm³/mol. The molecule has 0 saturated heterocycles. The first kappa shape index (κ1) is 19.5. The monoisotopic (exact) mass is 402 g/mol. The third-order valence-electron chi connectivity index (χ3n) is 4.76. The summed E-state index contributed by atoms with van der Waals surface area (Å²) in [7, 11) is 0. The number of hydrogen-bond donors (Lipinski definition) is 2. The molecule has 0 fully saturated rings. The van der Waals surface area contributed by atoms with Gasteiger partial charge in [-0.05, 0) is 41.0 Å². The van der Waals surface area contributed by atoms with Gasteiger partial charge in [0.15, 0.2) is 11.5 Å². The molecule has 3 aromatic carbocycles. The maximum Gasteiger partial charge on any atom is 0.251 e. The van der Waals surface area contributed by atoms with E-state index in [0.717, 1.165) is 16.7 Å². The van der Waals surface area contributed by atoms with Gasteiger partial charge in [-0.3, -0.25) is 9.59 Å². The smallest absolute Gasteiger partial charge is 0.251 e. The minimum absolute atomic E-state index is 0.0934. The summed E-state index contributed by atoms with van der Waals surface area (Å²) in [6.45, 7) is 1.31. The van der Waals surface area contributed by atoms with Crippen LogP contribution in [0.1, 0.15) is 15.9 Å². The summed E-state index contributed by atoms with van der Waals surface area (Å²) >= 11 is 0. The molecule has 3 aromatic rings. The Labute approximate surface area is 174 Å². The van der Waals surface area contributed by atoms with E-state index in [9.17, 15) is 9.59 Å². The van der Waals surface area contributed by atoms with E-state index in [1.807, 2.05) is 60.7 Å². The molecule has 1 aliphatic heterocycles. The Morgan fingerprint density at radius 1 is 0.767 bits per heavy atom. The van der Waals surface area contributed by atoms with Crippen LogP contribution in [0.25, 0.3) is 11.1 Å². The van der Waals surface area contributed by atoms with E-state index < -0.39 is 0 Å². The van der Waals surface area contributed by atoms with E-state index >= 15 is 0 Å². The zero-order chi connectivity index (χ0) is 20.8. The van der Waals surface area contributed by atoms with E-state index in [0.29, 0.717) is 36.8 Å². The zero-order valence-corrected chi connectivity index (χ0v) is 16.4. The third kappa shape index (κ3) is 4.78. The normalized spacial score (nSPS) is 12.1. The summed E-state index contributed by atoms with van der Waals surface area (Å²) in [6.07, 6.45) is 0. The number of benzene rings is 3. The van der Waals surface area contributed by atoms with Crippen LogP contribution >= 0.6 is 0 Å². The molecule has 1 aliphatic rings. The van der Waals surface area contributed by atoms with E-state index in [4.69, 9.17) is 9.47 Å². The van der Waals surface area contributed by atoms with Crippen LogP contribution in [0.4, 0.5) is 0 Å². The molecule has 1 heterocycles. The van der Waals surface area contributed by atoms with Gasteiger partial charge in [-0.1, -0.05) is 48.5 Å².